The predicted octanol–water partition coefficient (Wildman–Crippen LogP) is 3.17. The van der Waals surface area contributed by atoms with Gasteiger partial charge in [-0.2, -0.15) is 0 Å². The van der Waals surface area contributed by atoms with Crippen LogP contribution in [0, 0.1) is 5.82 Å². The van der Waals surface area contributed by atoms with Gasteiger partial charge in [0.05, 0.1) is 6.26 Å². The van der Waals surface area contributed by atoms with E-state index in [4.69, 9.17) is 4.74 Å². The summed E-state index contributed by atoms with van der Waals surface area (Å²) in [5.74, 6) is -0.187. The number of rotatable bonds is 4. The van der Waals surface area contributed by atoms with E-state index in [2.05, 4.69) is 5.32 Å². The van der Waals surface area contributed by atoms with Crippen LogP contribution in [-0.4, -0.2) is 12.6 Å². The van der Waals surface area contributed by atoms with Crippen molar-refractivity contribution in [1.82, 2.24) is 5.32 Å². The van der Waals surface area contributed by atoms with Crippen molar-refractivity contribution in [3.63, 3.8) is 0 Å². The topological polar surface area (TPSA) is 21.3 Å². The zero-order valence-corrected chi connectivity index (χ0v) is 10.0. The third-order valence-corrected chi connectivity index (χ3v) is 3.02. The minimum atomic E-state index is -0.187. The number of halogens is 1. The largest absolute Gasteiger partial charge is 0.497 e. The lowest BCUT2D eigenvalue weighted by molar-refractivity contribution is 0.120. The molecule has 1 heterocycles. The maximum absolute atomic E-state index is 13.1. The molecule has 0 radical (unpaired) electrons. The van der Waals surface area contributed by atoms with E-state index in [-0.39, 0.29) is 18.0 Å². The number of benzene rings is 1. The van der Waals surface area contributed by atoms with Crippen molar-refractivity contribution in [2.45, 2.75) is 31.9 Å². The molecule has 1 aliphatic rings. The van der Waals surface area contributed by atoms with Crippen molar-refractivity contribution in [3.05, 3.63) is 48.0 Å². The molecule has 17 heavy (non-hydrogen) atoms. The van der Waals surface area contributed by atoms with Crippen molar-refractivity contribution in [1.29, 1.82) is 0 Å². The molecule has 1 aromatic carbocycles. The summed E-state index contributed by atoms with van der Waals surface area (Å²) in [4.78, 5) is 0. The van der Waals surface area contributed by atoms with Crippen molar-refractivity contribution in [2.75, 3.05) is 6.54 Å². The maximum Gasteiger partial charge on any atom is 0.123 e. The molecule has 1 aromatic rings. The molecule has 92 valence electrons. The van der Waals surface area contributed by atoms with Gasteiger partial charge in [-0.05, 0) is 43.5 Å². The fourth-order valence-corrected chi connectivity index (χ4v) is 1.94. The highest BCUT2D eigenvalue weighted by molar-refractivity contribution is 5.19. The van der Waals surface area contributed by atoms with Gasteiger partial charge >= 0.3 is 0 Å². The van der Waals surface area contributed by atoms with Gasteiger partial charge in [0.2, 0.25) is 0 Å². The van der Waals surface area contributed by atoms with Crippen molar-refractivity contribution in [3.8, 4) is 0 Å². The standard InChI is InChI=1S/C14H18FNO/c1-11(12-5-4-6-13(15)9-12)16-10-14-7-2-3-8-17-14/h3-6,8-9,11,14,16H,2,7,10H2,1H3. The summed E-state index contributed by atoms with van der Waals surface area (Å²) in [7, 11) is 0. The van der Waals surface area contributed by atoms with Gasteiger partial charge in [-0.1, -0.05) is 12.1 Å². The van der Waals surface area contributed by atoms with E-state index in [1.54, 1.807) is 18.4 Å². The highest BCUT2D eigenvalue weighted by Gasteiger charge is 2.13. The minimum Gasteiger partial charge on any atom is -0.497 e. The molecule has 3 heteroatoms. The van der Waals surface area contributed by atoms with Gasteiger partial charge in [0.15, 0.2) is 0 Å². The highest BCUT2D eigenvalue weighted by Crippen LogP contribution is 2.15. The molecular formula is C14H18FNO. The Morgan fingerprint density at radius 2 is 2.41 bits per heavy atom. The monoisotopic (exact) mass is 235 g/mol. The maximum atomic E-state index is 13.1. The Morgan fingerprint density at radius 3 is 3.12 bits per heavy atom. The van der Waals surface area contributed by atoms with E-state index in [1.165, 1.54) is 6.07 Å². The van der Waals surface area contributed by atoms with Crippen LogP contribution in [0.5, 0.6) is 0 Å². The van der Waals surface area contributed by atoms with Crippen LogP contribution in [0.2, 0.25) is 0 Å². The molecule has 2 rings (SSSR count). The van der Waals surface area contributed by atoms with E-state index >= 15 is 0 Å². The molecule has 2 atom stereocenters. The van der Waals surface area contributed by atoms with Crippen molar-refractivity contribution >= 4 is 0 Å². The van der Waals surface area contributed by atoms with Gasteiger partial charge < -0.3 is 10.1 Å². The number of ether oxygens (including phenoxy) is 1. The van der Waals surface area contributed by atoms with E-state index in [1.807, 2.05) is 19.1 Å². The Kier molecular flexibility index (Phi) is 4.15. The average molecular weight is 235 g/mol. The van der Waals surface area contributed by atoms with Crippen LogP contribution in [0.15, 0.2) is 36.6 Å². The molecule has 0 bridgehead atoms. The molecule has 2 nitrogen and oxygen atoms in total. The number of nitrogens with one attached hydrogen (secondary N) is 1. The summed E-state index contributed by atoms with van der Waals surface area (Å²) in [5.41, 5.74) is 0.969. The third-order valence-electron chi connectivity index (χ3n) is 3.02. The van der Waals surface area contributed by atoms with Crippen LogP contribution in [-0.2, 0) is 4.74 Å². The number of hydrogen-bond donors (Lipinski definition) is 1. The Bertz CT molecular complexity index is 392. The van der Waals surface area contributed by atoms with Crippen LogP contribution < -0.4 is 5.32 Å². The Balaban J connectivity index is 1.84. The number of hydrogen-bond acceptors (Lipinski definition) is 2. The Labute approximate surface area is 101 Å². The second-order valence-electron chi connectivity index (χ2n) is 4.39. The average Bonchev–Trinajstić information content (AvgIpc) is 2.37. The zero-order valence-electron chi connectivity index (χ0n) is 10.0. The van der Waals surface area contributed by atoms with E-state index in [9.17, 15) is 4.39 Å². The summed E-state index contributed by atoms with van der Waals surface area (Å²) < 4.78 is 18.5. The third kappa shape index (κ3) is 3.56. The molecule has 1 N–H and O–H groups in total. The Morgan fingerprint density at radius 1 is 1.53 bits per heavy atom. The second-order valence-corrected chi connectivity index (χ2v) is 4.39. The first-order valence-electron chi connectivity index (χ1n) is 6.05. The molecule has 0 fully saturated rings. The van der Waals surface area contributed by atoms with E-state index in [0.717, 1.165) is 24.9 Å². The molecule has 0 saturated carbocycles. The quantitative estimate of drug-likeness (QED) is 0.865. The molecule has 0 amide bonds. The molecule has 0 saturated heterocycles. The summed E-state index contributed by atoms with van der Waals surface area (Å²) >= 11 is 0. The first-order valence-corrected chi connectivity index (χ1v) is 6.05. The normalized spacial score (nSPS) is 20.9. The summed E-state index contributed by atoms with van der Waals surface area (Å²) in [6.45, 7) is 2.83. The molecule has 1 aliphatic heterocycles. The van der Waals surface area contributed by atoms with Crippen LogP contribution in [0.3, 0.4) is 0 Å². The molecule has 0 aliphatic carbocycles. The second kappa shape index (κ2) is 5.82. The lowest BCUT2D eigenvalue weighted by Gasteiger charge is -2.22. The Hall–Kier alpha value is -1.35. The first-order chi connectivity index (χ1) is 8.25. The van der Waals surface area contributed by atoms with Crippen LogP contribution in [0.1, 0.15) is 31.4 Å². The lowest BCUT2D eigenvalue weighted by Crippen LogP contribution is -2.31. The SMILES string of the molecule is CC(NCC1CCC=CO1)c1cccc(F)c1. The van der Waals surface area contributed by atoms with Gasteiger partial charge in [-0.25, -0.2) is 4.39 Å². The van der Waals surface area contributed by atoms with Gasteiger partial charge in [-0.15, -0.1) is 0 Å². The van der Waals surface area contributed by atoms with Crippen LogP contribution in [0.25, 0.3) is 0 Å². The van der Waals surface area contributed by atoms with Crippen LogP contribution in [0.4, 0.5) is 4.39 Å². The zero-order chi connectivity index (χ0) is 12.1. The van der Waals surface area contributed by atoms with Crippen molar-refractivity contribution in [2.24, 2.45) is 0 Å². The van der Waals surface area contributed by atoms with Gasteiger partial charge in [-0.3, -0.25) is 0 Å². The number of allylic oxidation sites excluding steroid dienone is 1. The summed E-state index contributed by atoms with van der Waals surface area (Å²) in [6.07, 6.45) is 6.14. The lowest BCUT2D eigenvalue weighted by atomic mass is 10.1. The van der Waals surface area contributed by atoms with Crippen LogP contribution >= 0.6 is 0 Å². The summed E-state index contributed by atoms with van der Waals surface area (Å²) in [5, 5.41) is 3.37. The van der Waals surface area contributed by atoms with E-state index in [0.29, 0.717) is 0 Å². The highest BCUT2D eigenvalue weighted by atomic mass is 19.1. The predicted molar refractivity (Wildman–Crippen MR) is 66.1 cm³/mol. The molecule has 0 aromatic heterocycles. The molecule has 2 unspecified atom stereocenters. The minimum absolute atomic E-state index is 0.139. The fourth-order valence-electron chi connectivity index (χ4n) is 1.94. The van der Waals surface area contributed by atoms with Gasteiger partial charge in [0.1, 0.15) is 11.9 Å². The fraction of sp³-hybridized carbons (Fsp3) is 0.429. The first kappa shape index (κ1) is 12.1. The molecular weight excluding hydrogens is 217 g/mol. The van der Waals surface area contributed by atoms with E-state index < -0.39 is 0 Å². The van der Waals surface area contributed by atoms with Gasteiger partial charge in [0, 0.05) is 12.6 Å². The van der Waals surface area contributed by atoms with Gasteiger partial charge in [0.25, 0.3) is 0 Å². The molecule has 0 spiro atoms. The van der Waals surface area contributed by atoms with Crippen molar-refractivity contribution < 1.29 is 9.13 Å². The summed E-state index contributed by atoms with van der Waals surface area (Å²) in [6, 6.07) is 6.84. The smallest absolute Gasteiger partial charge is 0.123 e.